The van der Waals surface area contributed by atoms with Crippen LogP contribution in [-0.4, -0.2) is 47.8 Å². The Morgan fingerprint density at radius 3 is 2.32 bits per heavy atom. The summed E-state index contributed by atoms with van der Waals surface area (Å²) in [5.41, 5.74) is 4.84. The molecule has 0 heterocycles. The van der Waals surface area contributed by atoms with E-state index in [-0.39, 0.29) is 12.3 Å². The van der Waals surface area contributed by atoms with E-state index in [1.165, 1.54) is 0 Å². The highest BCUT2D eigenvalue weighted by molar-refractivity contribution is 5.85. The highest BCUT2D eigenvalue weighted by Crippen LogP contribution is 2.08. The van der Waals surface area contributed by atoms with Crippen LogP contribution in [0.25, 0.3) is 0 Å². The van der Waals surface area contributed by atoms with Gasteiger partial charge in [-0.25, -0.2) is 4.79 Å². The molecule has 8 heteroatoms. The van der Waals surface area contributed by atoms with Crippen molar-refractivity contribution >= 4 is 18.0 Å². The molecule has 0 aliphatic carbocycles. The van der Waals surface area contributed by atoms with E-state index in [0.29, 0.717) is 32.4 Å². The molecule has 0 bridgehead atoms. The maximum Gasteiger partial charge on any atom is 0.408 e. The van der Waals surface area contributed by atoms with Crippen molar-refractivity contribution in [3.63, 3.8) is 0 Å². The van der Waals surface area contributed by atoms with Gasteiger partial charge in [-0.3, -0.25) is 9.59 Å². The number of carbonyl (C=O) groups excluding carboxylic acids is 2. The topological polar surface area (TPSA) is 131 Å². The Morgan fingerprint density at radius 2 is 1.76 bits per heavy atom. The number of unbranched alkanes of at least 4 members (excludes halogenated alkanes) is 3. The quantitative estimate of drug-likeness (QED) is 0.393. The van der Waals surface area contributed by atoms with E-state index in [1.54, 1.807) is 20.8 Å². The number of nitrogens with one attached hydrogen (secondary N) is 2. The molecule has 0 aliphatic heterocycles. The maximum absolute atomic E-state index is 12.3. The van der Waals surface area contributed by atoms with Crippen LogP contribution in [0.1, 0.15) is 65.7 Å². The minimum absolute atomic E-state index is 0.135. The Bertz CT molecular complexity index is 421. The molecule has 1 atom stereocenters. The van der Waals surface area contributed by atoms with Crippen LogP contribution in [0.15, 0.2) is 0 Å². The second-order valence-corrected chi connectivity index (χ2v) is 6.98. The molecule has 146 valence electrons. The van der Waals surface area contributed by atoms with E-state index in [0.717, 1.165) is 19.3 Å². The van der Waals surface area contributed by atoms with Gasteiger partial charge in [-0.05, 0) is 59.4 Å². The van der Waals surface area contributed by atoms with E-state index in [2.05, 4.69) is 10.6 Å². The summed E-state index contributed by atoms with van der Waals surface area (Å²) in [7, 11) is 0. The van der Waals surface area contributed by atoms with Crippen LogP contribution in [0, 0.1) is 0 Å². The van der Waals surface area contributed by atoms with Gasteiger partial charge in [0.15, 0.2) is 0 Å². The van der Waals surface area contributed by atoms with Gasteiger partial charge in [0.25, 0.3) is 0 Å². The lowest BCUT2D eigenvalue weighted by molar-refractivity contribution is -0.137. The van der Waals surface area contributed by atoms with Gasteiger partial charge in [0.2, 0.25) is 5.91 Å². The summed E-state index contributed by atoms with van der Waals surface area (Å²) in [5.74, 6) is -1.08. The second kappa shape index (κ2) is 12.5. The number of rotatable bonds is 12. The van der Waals surface area contributed by atoms with Crippen molar-refractivity contribution in [2.45, 2.75) is 77.4 Å². The van der Waals surface area contributed by atoms with E-state index >= 15 is 0 Å². The Labute approximate surface area is 149 Å². The number of nitrogens with two attached hydrogens (primary N) is 1. The molecule has 0 aliphatic rings. The number of ether oxygens (including phenoxy) is 1. The third-order valence-corrected chi connectivity index (χ3v) is 3.32. The van der Waals surface area contributed by atoms with Crippen molar-refractivity contribution in [1.82, 2.24) is 10.6 Å². The molecule has 2 amide bonds. The predicted octanol–water partition coefficient (Wildman–Crippen LogP) is 1.77. The van der Waals surface area contributed by atoms with Crippen LogP contribution in [0.4, 0.5) is 4.79 Å². The highest BCUT2D eigenvalue weighted by atomic mass is 16.6. The van der Waals surface area contributed by atoms with Crippen molar-refractivity contribution < 1.29 is 24.2 Å². The number of carbonyl (C=O) groups is 3. The molecule has 25 heavy (non-hydrogen) atoms. The summed E-state index contributed by atoms with van der Waals surface area (Å²) < 4.78 is 5.19. The maximum atomic E-state index is 12.3. The molecular weight excluding hydrogens is 326 g/mol. The first-order valence-electron chi connectivity index (χ1n) is 8.85. The van der Waals surface area contributed by atoms with Gasteiger partial charge in [0.05, 0.1) is 0 Å². The summed E-state index contributed by atoms with van der Waals surface area (Å²) in [6.07, 6.45) is 3.50. The average Bonchev–Trinajstić information content (AvgIpc) is 2.47. The fourth-order valence-electron chi connectivity index (χ4n) is 2.12. The average molecular weight is 359 g/mol. The minimum atomic E-state index is -0.814. The molecule has 0 saturated heterocycles. The zero-order chi connectivity index (χ0) is 19.3. The van der Waals surface area contributed by atoms with Crippen LogP contribution in [0.2, 0.25) is 0 Å². The van der Waals surface area contributed by atoms with Gasteiger partial charge in [0, 0.05) is 13.0 Å². The molecule has 0 unspecified atom stereocenters. The van der Waals surface area contributed by atoms with Crippen molar-refractivity contribution in [3.8, 4) is 0 Å². The van der Waals surface area contributed by atoms with E-state index in [1.807, 2.05) is 0 Å². The van der Waals surface area contributed by atoms with E-state index in [9.17, 15) is 14.4 Å². The number of carboxylic acid groups (broad SMARTS) is 1. The third kappa shape index (κ3) is 14.2. The van der Waals surface area contributed by atoms with E-state index < -0.39 is 23.7 Å². The smallest absolute Gasteiger partial charge is 0.408 e. The van der Waals surface area contributed by atoms with Crippen molar-refractivity contribution in [2.24, 2.45) is 5.73 Å². The summed E-state index contributed by atoms with van der Waals surface area (Å²) >= 11 is 0. The second-order valence-electron chi connectivity index (χ2n) is 6.98. The fraction of sp³-hybridized carbons (Fsp3) is 0.824. The molecule has 0 fully saturated rings. The summed E-state index contributed by atoms with van der Waals surface area (Å²) in [4.78, 5) is 34.6. The molecule has 5 N–H and O–H groups in total. The lowest BCUT2D eigenvalue weighted by Crippen LogP contribution is -2.48. The molecular formula is C17H33N3O5. The zero-order valence-corrected chi connectivity index (χ0v) is 15.6. The van der Waals surface area contributed by atoms with Gasteiger partial charge in [-0.1, -0.05) is 6.42 Å². The SMILES string of the molecule is CC(C)(C)OC(=O)N[C@@H](CCCCN)C(=O)NCCCCCC(=O)O. The van der Waals surface area contributed by atoms with Gasteiger partial charge in [-0.2, -0.15) is 0 Å². The third-order valence-electron chi connectivity index (χ3n) is 3.32. The predicted molar refractivity (Wildman–Crippen MR) is 95.2 cm³/mol. The molecule has 0 rings (SSSR count). The first kappa shape index (κ1) is 23.2. The van der Waals surface area contributed by atoms with Crippen LogP contribution in [0.3, 0.4) is 0 Å². The van der Waals surface area contributed by atoms with Crippen molar-refractivity contribution in [2.75, 3.05) is 13.1 Å². The Kier molecular flexibility index (Phi) is 11.6. The minimum Gasteiger partial charge on any atom is -0.481 e. The Morgan fingerprint density at radius 1 is 1.08 bits per heavy atom. The van der Waals surface area contributed by atoms with Gasteiger partial charge in [0.1, 0.15) is 11.6 Å². The van der Waals surface area contributed by atoms with Crippen LogP contribution in [-0.2, 0) is 14.3 Å². The van der Waals surface area contributed by atoms with Gasteiger partial charge >= 0.3 is 12.1 Å². The number of amides is 2. The molecule has 0 saturated carbocycles. The monoisotopic (exact) mass is 359 g/mol. The largest absolute Gasteiger partial charge is 0.481 e. The molecule has 0 spiro atoms. The molecule has 8 nitrogen and oxygen atoms in total. The van der Waals surface area contributed by atoms with Gasteiger partial charge in [-0.15, -0.1) is 0 Å². The van der Waals surface area contributed by atoms with E-state index in [4.69, 9.17) is 15.6 Å². The van der Waals surface area contributed by atoms with Gasteiger partial charge < -0.3 is 26.2 Å². The lowest BCUT2D eigenvalue weighted by atomic mass is 10.1. The number of alkyl carbamates (subject to hydrolysis) is 1. The first-order valence-corrected chi connectivity index (χ1v) is 8.85. The molecule has 0 radical (unpaired) electrons. The zero-order valence-electron chi connectivity index (χ0n) is 15.6. The summed E-state index contributed by atoms with van der Waals surface area (Å²) in [6.45, 7) is 6.25. The Hall–Kier alpha value is -1.83. The first-order chi connectivity index (χ1) is 11.7. The molecule has 0 aromatic carbocycles. The Balaban J connectivity index is 4.31. The number of hydrogen-bond acceptors (Lipinski definition) is 5. The summed E-state index contributed by atoms with van der Waals surface area (Å²) in [6, 6.07) is -0.666. The summed E-state index contributed by atoms with van der Waals surface area (Å²) in [5, 5.41) is 14.0. The standard InChI is InChI=1S/C17H33N3O5/c1-17(2,3)25-16(24)20-13(9-6-7-11-18)15(23)19-12-8-4-5-10-14(21)22/h13H,4-12,18H2,1-3H3,(H,19,23)(H,20,24)(H,21,22)/t13-/m0/s1. The number of hydrogen-bond donors (Lipinski definition) is 4. The molecule has 0 aromatic rings. The highest BCUT2D eigenvalue weighted by Gasteiger charge is 2.23. The van der Waals surface area contributed by atoms with Crippen molar-refractivity contribution in [3.05, 3.63) is 0 Å². The lowest BCUT2D eigenvalue weighted by Gasteiger charge is -2.23. The fourth-order valence-corrected chi connectivity index (χ4v) is 2.12. The molecule has 0 aromatic heterocycles. The number of carboxylic acids is 1. The van der Waals surface area contributed by atoms with Crippen molar-refractivity contribution in [1.29, 1.82) is 0 Å². The number of aliphatic carboxylic acids is 1. The normalized spacial score (nSPS) is 12.3. The van der Waals surface area contributed by atoms with Crippen LogP contribution >= 0.6 is 0 Å². The van der Waals surface area contributed by atoms with Crippen LogP contribution in [0.5, 0.6) is 0 Å². The van der Waals surface area contributed by atoms with Crippen LogP contribution < -0.4 is 16.4 Å².